The maximum absolute atomic E-state index is 14.2. The number of fused-ring (bicyclic) bond motifs is 11. The van der Waals surface area contributed by atoms with E-state index in [-0.39, 0.29) is 173 Å². The maximum atomic E-state index is 14.2. The smallest absolute Gasteiger partial charge is 0.326 e. The molecule has 27 heteroatoms. The minimum atomic E-state index is -1.54. The van der Waals surface area contributed by atoms with Crippen LogP contribution in [0.15, 0.2) is 95.9 Å². The summed E-state index contributed by atoms with van der Waals surface area (Å²) >= 11 is 0. The molecule has 4 aliphatic rings. The molecule has 0 radical (unpaired) electrons. The number of para-hydroxylation sites is 1. The summed E-state index contributed by atoms with van der Waals surface area (Å²) in [6.45, 7) is 16.2. The number of imide groups is 1. The Morgan fingerprint density at radius 1 is 0.735 bits per heavy atom. The zero-order chi connectivity index (χ0) is 69.8. The van der Waals surface area contributed by atoms with E-state index in [4.69, 9.17) is 15.2 Å². The Labute approximate surface area is 570 Å². The summed E-state index contributed by atoms with van der Waals surface area (Å²) in [7, 11) is -1.54. The molecule has 1 saturated heterocycles. The molecule has 6 amide bonds. The van der Waals surface area contributed by atoms with E-state index in [1.807, 2.05) is 48.5 Å². The Bertz CT molecular complexity index is 3950. The fraction of sp³-hybridized carbons (Fsp3) is 0.493. The van der Waals surface area contributed by atoms with E-state index in [0.29, 0.717) is 63.8 Å². The number of nitrogens with zero attached hydrogens (tertiary/aromatic N) is 8. The number of aliphatic carboxylic acids is 1. The molecule has 26 nitrogen and oxygen atoms in total. The van der Waals surface area contributed by atoms with Crippen molar-refractivity contribution in [2.24, 2.45) is 29.6 Å². The molecule has 3 aromatic carbocycles. The van der Waals surface area contributed by atoms with Crippen LogP contribution in [-0.4, -0.2) is 152 Å². The highest BCUT2D eigenvalue weighted by Gasteiger charge is 2.63. The third-order valence-corrected chi connectivity index (χ3v) is 27.9. The van der Waals surface area contributed by atoms with Crippen molar-refractivity contribution in [1.82, 2.24) is 55.8 Å². The van der Waals surface area contributed by atoms with Gasteiger partial charge in [-0.25, -0.2) is 19.4 Å². The zero-order valence-corrected chi connectivity index (χ0v) is 57.6. The van der Waals surface area contributed by atoms with Crippen LogP contribution >= 0.6 is 0 Å². The van der Waals surface area contributed by atoms with Crippen molar-refractivity contribution in [3.63, 3.8) is 0 Å². The molecule has 2 bridgehead atoms. The predicted octanol–water partition coefficient (Wildman–Crippen LogP) is 7.62. The molecule has 2 fully saturated rings. The highest BCUT2D eigenvalue weighted by molar-refractivity contribution is 6.83. The van der Waals surface area contributed by atoms with Crippen molar-refractivity contribution in [2.75, 3.05) is 62.0 Å². The number of allylic oxidation sites excluding steroid dienone is 2. The number of nitrogens with one attached hydrogen (secondary N) is 5. The number of rotatable bonds is 35. The molecule has 4 unspecified atom stereocenters. The molecule has 6 aromatic rings. The number of anilines is 3. The number of H-pyrrole nitrogens is 1. The van der Waals surface area contributed by atoms with E-state index in [9.17, 15) is 48.3 Å². The van der Waals surface area contributed by atoms with Crippen LogP contribution in [0.5, 0.6) is 0 Å². The van der Waals surface area contributed by atoms with Crippen molar-refractivity contribution in [3.8, 4) is 22.5 Å². The van der Waals surface area contributed by atoms with Crippen LogP contribution in [0.4, 0.5) is 17.3 Å². The molecule has 10 rings (SSSR count). The van der Waals surface area contributed by atoms with E-state index in [1.165, 1.54) is 29.3 Å². The van der Waals surface area contributed by atoms with Gasteiger partial charge in [-0.1, -0.05) is 130 Å². The summed E-state index contributed by atoms with van der Waals surface area (Å²) < 4.78 is 13.4. The minimum Gasteiger partial charge on any atom is -0.480 e. The van der Waals surface area contributed by atoms with Crippen LogP contribution in [0.3, 0.4) is 0 Å². The van der Waals surface area contributed by atoms with E-state index < -0.39 is 37.5 Å². The van der Waals surface area contributed by atoms with Gasteiger partial charge in [0.25, 0.3) is 11.5 Å². The Hall–Kier alpha value is -9.34. The van der Waals surface area contributed by atoms with E-state index in [1.54, 1.807) is 21.7 Å². The first-order chi connectivity index (χ1) is 47.1. The summed E-state index contributed by atoms with van der Waals surface area (Å²) in [4.78, 5) is 136. The van der Waals surface area contributed by atoms with Crippen LogP contribution in [0, 0.1) is 29.6 Å². The summed E-state index contributed by atoms with van der Waals surface area (Å²) in [6, 6.07) is 21.3. The first-order valence-corrected chi connectivity index (χ1v) is 36.6. The molecule has 2 aliphatic heterocycles. The number of ketones is 1. The molecular weight excluding hydrogens is 1270 g/mol. The summed E-state index contributed by atoms with van der Waals surface area (Å²) in [5, 5.41) is 30.2. The number of carboxylic acids is 1. The standard InChI is InChI=1S/C71H90N14O12Si/c1-42(2)98(43(3)4,44(5)6)38-12-17-51-52-23-24-53(51)61-60(52)68(92)83(69(61)93)32-28-49(86)14-11-34-96-35-29-58(88)73-30-27-59(89)84-41-46-13-7-8-15-50(46)64-62(54-16-9-10-18-56(54)84)81-82-85(64)33-37-97-36-31-74-57(87)26-25-55(70(94)95)78-66(90)45-19-21-47(22-20-45)75-39-48-40-76-65-63(77-48)67(91)80-71(72)79-65/h7-10,13,15-16,18-24,40,42-44,51-53,55,60-61,75H,11-12,14,17,25-39,41H2,1-6H3,(H,73,88)(H,74,87)(H,78,90)(H,94,95)(H3,72,76,79,80,91)/t51?,52?,53?,55-,60?,61?/m0/s1. The number of Topliss-reactive ketones (excluding diaryl/α,β-unsaturated/α-hetero) is 1. The largest absolute Gasteiger partial charge is 0.480 e. The van der Waals surface area contributed by atoms with Crippen LogP contribution < -0.4 is 37.5 Å². The third kappa shape index (κ3) is 16.3. The summed E-state index contributed by atoms with van der Waals surface area (Å²) in [5.41, 5.74) is 12.8. The fourth-order valence-corrected chi connectivity index (χ4v) is 21.9. The van der Waals surface area contributed by atoms with Crippen molar-refractivity contribution >= 4 is 83.8 Å². The SMILES string of the molecule is CC(C)[Si](CCCC1C2C=CC1C1C(=O)N(CCC(=O)CCCOCCC(=O)NCCC(=O)N3Cc4ccccc4-c4c(nnn4CCOCCNC(=O)CC[C@H](NC(=O)c4ccc(NCc5cnc6nc(N)[nH]c(=O)c6n5)cc4)C(=O)O)-c4ccccc43)C(=O)C21)(C(C)C)C(C)C. The average molecular weight is 1360 g/mol. The number of ether oxygens (including phenoxy) is 2. The molecule has 2 aliphatic carbocycles. The predicted molar refractivity (Wildman–Crippen MR) is 370 cm³/mol. The molecule has 5 atom stereocenters. The van der Waals surface area contributed by atoms with Crippen LogP contribution in [0.2, 0.25) is 22.7 Å². The van der Waals surface area contributed by atoms with Crippen LogP contribution in [-0.2, 0) is 62.7 Å². The number of carboxylic acid groups (broad SMARTS) is 1. The van der Waals surface area contributed by atoms with Crippen molar-refractivity contribution in [3.05, 3.63) is 118 Å². The number of nitrogens with two attached hydrogens (primary N) is 1. The Kier molecular flexibility index (Phi) is 23.6. The molecule has 520 valence electrons. The number of hydrogen-bond donors (Lipinski definition) is 7. The van der Waals surface area contributed by atoms with E-state index in [2.05, 4.69) is 105 Å². The second-order valence-corrected chi connectivity index (χ2v) is 33.0. The van der Waals surface area contributed by atoms with Gasteiger partial charge in [-0.2, -0.15) is 4.98 Å². The molecule has 8 N–H and O–H groups in total. The number of carbonyl (C=O) groups is 8. The highest BCUT2D eigenvalue weighted by atomic mass is 28.3. The first-order valence-electron chi connectivity index (χ1n) is 34.2. The molecule has 1 saturated carbocycles. The highest BCUT2D eigenvalue weighted by Crippen LogP contribution is 2.58. The molecular formula is C71H90N14O12Si. The number of likely N-dealkylation sites (tertiary alicyclic amines) is 1. The number of amides is 6. The van der Waals surface area contributed by atoms with Crippen molar-refractivity contribution in [1.29, 1.82) is 0 Å². The van der Waals surface area contributed by atoms with Crippen LogP contribution in [0.25, 0.3) is 33.7 Å². The fourth-order valence-electron chi connectivity index (χ4n) is 15.4. The van der Waals surface area contributed by atoms with Gasteiger partial charge in [0.1, 0.15) is 17.5 Å². The lowest BCUT2D eigenvalue weighted by Crippen LogP contribution is -2.44. The number of nitrogen functional groups attached to an aromatic ring is 1. The van der Waals surface area contributed by atoms with Gasteiger partial charge >= 0.3 is 5.97 Å². The number of hydrogen-bond acceptors (Lipinski definition) is 18. The number of aromatic amines is 1. The zero-order valence-electron chi connectivity index (χ0n) is 56.6. The summed E-state index contributed by atoms with van der Waals surface area (Å²) in [6.07, 6.45) is 8.52. The van der Waals surface area contributed by atoms with Gasteiger partial charge in [0, 0.05) is 80.7 Å². The van der Waals surface area contributed by atoms with Gasteiger partial charge in [0.15, 0.2) is 11.2 Å². The third-order valence-electron chi connectivity index (χ3n) is 20.2. The monoisotopic (exact) mass is 1360 g/mol. The number of carbonyl (C=O) groups excluding carboxylic acids is 7. The second kappa shape index (κ2) is 32.3. The maximum Gasteiger partial charge on any atom is 0.326 e. The molecule has 0 spiro atoms. The Morgan fingerprint density at radius 3 is 2.12 bits per heavy atom. The van der Waals surface area contributed by atoms with Gasteiger partial charge in [-0.15, -0.1) is 5.10 Å². The lowest BCUT2D eigenvalue weighted by Gasteiger charge is -2.43. The Morgan fingerprint density at radius 2 is 1.41 bits per heavy atom. The van der Waals surface area contributed by atoms with Gasteiger partial charge in [0.05, 0.1) is 82.6 Å². The first kappa shape index (κ1) is 71.4. The number of aromatic nitrogens is 7. The number of benzene rings is 3. The minimum absolute atomic E-state index is 0.0151. The van der Waals surface area contributed by atoms with Gasteiger partial charge < -0.3 is 46.5 Å². The average Bonchev–Trinajstić information content (AvgIpc) is 1.55. The van der Waals surface area contributed by atoms with Gasteiger partial charge in [-0.3, -0.25) is 48.2 Å². The lowest BCUT2D eigenvalue weighted by atomic mass is 9.85. The Balaban J connectivity index is 0.606. The molecule has 98 heavy (non-hydrogen) atoms. The van der Waals surface area contributed by atoms with Crippen LogP contribution in [0.1, 0.15) is 121 Å². The van der Waals surface area contributed by atoms with Crippen molar-refractivity contribution in [2.45, 2.75) is 148 Å². The topological polar surface area (TPSA) is 358 Å². The molecule has 3 aromatic heterocycles. The van der Waals surface area contributed by atoms with Gasteiger partial charge in [-0.05, 0) is 72.9 Å². The van der Waals surface area contributed by atoms with Gasteiger partial charge in [0.2, 0.25) is 35.5 Å². The normalized spacial score (nSPS) is 17.9. The van der Waals surface area contributed by atoms with E-state index >= 15 is 0 Å². The quantitative estimate of drug-likeness (QED) is 0.00870. The summed E-state index contributed by atoms with van der Waals surface area (Å²) in [5.74, 6) is -3.34. The van der Waals surface area contributed by atoms with E-state index in [0.717, 1.165) is 29.7 Å². The van der Waals surface area contributed by atoms with Crippen molar-refractivity contribution < 1.29 is 52.9 Å². The second-order valence-electron chi connectivity index (χ2n) is 26.9. The molecule has 5 heterocycles. The lowest BCUT2D eigenvalue weighted by molar-refractivity contribution is -0.142.